The number of aryl methyl sites for hydroxylation is 2. The maximum Gasteiger partial charge on any atom is 0.408 e. The van der Waals surface area contributed by atoms with Crippen LogP contribution in [0.5, 0.6) is 5.75 Å². The molecule has 9 heteroatoms. The molecule has 40 heavy (non-hydrogen) atoms. The standard InChI is InChI=1S/C31H42N4O5/c1-7-8-9-15-33-28(37)27(24-18-21(2)17-22(3)19-24)35(16-14-32)29(38)26(34-30(39)40-31(4,5)6)20-23-10-12-25(36)13-11-23/h10-13,17-19,26-27,36H,7-9,15-16,20H2,1-6H3,(H,33,37)(H,34,39). The van der Waals surface area contributed by atoms with Crippen LogP contribution in [0.1, 0.15) is 75.3 Å². The molecule has 2 unspecified atom stereocenters. The van der Waals surface area contributed by atoms with E-state index in [0.29, 0.717) is 17.7 Å². The highest BCUT2D eigenvalue weighted by Gasteiger charge is 2.36. The van der Waals surface area contributed by atoms with Gasteiger partial charge in [0, 0.05) is 13.0 Å². The number of alkyl carbamates (subject to hydrolysis) is 1. The fourth-order valence-electron chi connectivity index (χ4n) is 4.41. The Morgan fingerprint density at radius 1 is 1.05 bits per heavy atom. The van der Waals surface area contributed by atoms with Crippen LogP contribution in [0.25, 0.3) is 0 Å². The third kappa shape index (κ3) is 10.3. The lowest BCUT2D eigenvalue weighted by molar-refractivity contribution is -0.141. The van der Waals surface area contributed by atoms with Gasteiger partial charge in [-0.15, -0.1) is 0 Å². The number of nitrogens with one attached hydrogen (secondary N) is 2. The van der Waals surface area contributed by atoms with Crippen molar-refractivity contribution in [2.75, 3.05) is 13.1 Å². The molecule has 2 atom stereocenters. The van der Waals surface area contributed by atoms with Gasteiger partial charge in [0.25, 0.3) is 0 Å². The Kier molecular flexibility index (Phi) is 12.0. The van der Waals surface area contributed by atoms with Crippen molar-refractivity contribution in [2.45, 2.75) is 84.9 Å². The molecule has 0 aliphatic carbocycles. The third-order valence-corrected chi connectivity index (χ3v) is 6.09. The van der Waals surface area contributed by atoms with Crippen molar-refractivity contribution in [1.82, 2.24) is 15.5 Å². The zero-order valence-corrected chi connectivity index (χ0v) is 24.4. The number of rotatable bonds is 12. The zero-order chi connectivity index (χ0) is 29.9. The number of unbranched alkanes of at least 4 members (excludes halogenated alkanes) is 2. The average molecular weight is 551 g/mol. The van der Waals surface area contributed by atoms with Crippen LogP contribution in [-0.2, 0) is 20.7 Å². The molecule has 216 valence electrons. The van der Waals surface area contributed by atoms with Crippen LogP contribution in [0, 0.1) is 25.2 Å². The minimum Gasteiger partial charge on any atom is -0.508 e. The Balaban J connectivity index is 2.53. The first-order valence-corrected chi connectivity index (χ1v) is 13.7. The molecule has 0 radical (unpaired) electrons. The summed E-state index contributed by atoms with van der Waals surface area (Å²) < 4.78 is 5.41. The molecule has 9 nitrogen and oxygen atoms in total. The molecule has 2 rings (SSSR count). The molecule has 0 heterocycles. The summed E-state index contributed by atoms with van der Waals surface area (Å²) in [5.41, 5.74) is 2.26. The molecule has 0 bridgehead atoms. The summed E-state index contributed by atoms with van der Waals surface area (Å²) in [7, 11) is 0. The highest BCUT2D eigenvalue weighted by molar-refractivity contribution is 5.92. The number of benzene rings is 2. The fourth-order valence-corrected chi connectivity index (χ4v) is 4.41. The number of amides is 3. The normalized spacial score (nSPS) is 12.5. The number of nitriles is 1. The predicted octanol–water partition coefficient (Wildman–Crippen LogP) is 4.84. The summed E-state index contributed by atoms with van der Waals surface area (Å²) in [6, 6.07) is 11.7. The first-order chi connectivity index (χ1) is 18.8. The summed E-state index contributed by atoms with van der Waals surface area (Å²) in [5.74, 6) is -0.939. The van der Waals surface area contributed by atoms with Crippen molar-refractivity contribution >= 4 is 17.9 Å². The van der Waals surface area contributed by atoms with Gasteiger partial charge in [0.1, 0.15) is 30.0 Å². The topological polar surface area (TPSA) is 132 Å². The van der Waals surface area contributed by atoms with E-state index < -0.39 is 35.6 Å². The lowest BCUT2D eigenvalue weighted by Crippen LogP contribution is -2.54. The van der Waals surface area contributed by atoms with Gasteiger partial charge in [0.2, 0.25) is 11.8 Å². The average Bonchev–Trinajstić information content (AvgIpc) is 2.85. The Hall–Kier alpha value is -4.06. The first kappa shape index (κ1) is 32.2. The SMILES string of the molecule is CCCCCNC(=O)C(c1cc(C)cc(C)c1)N(CC#N)C(=O)C(Cc1ccc(O)cc1)NC(=O)OC(C)(C)C. The van der Waals surface area contributed by atoms with E-state index in [4.69, 9.17) is 4.74 Å². The second-order valence-electron chi connectivity index (χ2n) is 11.0. The van der Waals surface area contributed by atoms with Crippen LogP contribution in [0.4, 0.5) is 4.79 Å². The lowest BCUT2D eigenvalue weighted by atomic mass is 9.97. The number of hydrogen-bond acceptors (Lipinski definition) is 6. The van der Waals surface area contributed by atoms with E-state index in [9.17, 15) is 24.8 Å². The second kappa shape index (κ2) is 14.9. The molecule has 3 N–H and O–H groups in total. The molecule has 0 spiro atoms. The molecule has 0 aromatic heterocycles. The number of phenolic OH excluding ortho intramolecular Hbond substituents is 1. The summed E-state index contributed by atoms with van der Waals surface area (Å²) in [5, 5.41) is 25.0. The number of ether oxygens (including phenoxy) is 1. The van der Waals surface area contributed by atoms with E-state index in [2.05, 4.69) is 17.6 Å². The molecule has 0 fully saturated rings. The van der Waals surface area contributed by atoms with Gasteiger partial charge in [-0.3, -0.25) is 9.59 Å². The van der Waals surface area contributed by atoms with E-state index in [0.717, 1.165) is 30.4 Å². The molecule has 2 aromatic carbocycles. The van der Waals surface area contributed by atoms with Crippen molar-refractivity contribution in [3.8, 4) is 11.8 Å². The van der Waals surface area contributed by atoms with E-state index >= 15 is 0 Å². The van der Waals surface area contributed by atoms with Crippen molar-refractivity contribution in [1.29, 1.82) is 5.26 Å². The van der Waals surface area contributed by atoms with E-state index in [-0.39, 0.29) is 18.7 Å². The monoisotopic (exact) mass is 550 g/mol. The highest BCUT2D eigenvalue weighted by atomic mass is 16.6. The third-order valence-electron chi connectivity index (χ3n) is 6.09. The molecular weight excluding hydrogens is 508 g/mol. The molecule has 2 aromatic rings. The Bertz CT molecular complexity index is 1180. The predicted molar refractivity (Wildman–Crippen MR) is 153 cm³/mol. The second-order valence-corrected chi connectivity index (χ2v) is 11.0. The molecule has 3 amide bonds. The minimum absolute atomic E-state index is 0.0535. The maximum absolute atomic E-state index is 14.1. The van der Waals surface area contributed by atoms with Gasteiger partial charge in [0.05, 0.1) is 6.07 Å². The van der Waals surface area contributed by atoms with E-state index in [1.165, 1.54) is 17.0 Å². The number of hydrogen-bond donors (Lipinski definition) is 3. The van der Waals surface area contributed by atoms with Crippen molar-refractivity contribution in [2.24, 2.45) is 0 Å². The molecule has 0 saturated heterocycles. The van der Waals surface area contributed by atoms with Gasteiger partial charge in [0.15, 0.2) is 0 Å². The first-order valence-electron chi connectivity index (χ1n) is 13.7. The number of carbonyl (C=O) groups excluding carboxylic acids is 3. The Labute approximate surface area is 237 Å². The largest absolute Gasteiger partial charge is 0.508 e. The van der Waals surface area contributed by atoms with Gasteiger partial charge >= 0.3 is 6.09 Å². The van der Waals surface area contributed by atoms with Crippen LogP contribution in [-0.4, -0.2) is 52.6 Å². The van der Waals surface area contributed by atoms with Gasteiger partial charge in [-0.1, -0.05) is 61.2 Å². The van der Waals surface area contributed by atoms with Crippen LogP contribution in [0.15, 0.2) is 42.5 Å². The highest BCUT2D eigenvalue weighted by Crippen LogP contribution is 2.25. The quantitative estimate of drug-likeness (QED) is 0.256. The summed E-state index contributed by atoms with van der Waals surface area (Å²) >= 11 is 0. The fraction of sp³-hybridized carbons (Fsp3) is 0.484. The molecule has 0 saturated carbocycles. The van der Waals surface area contributed by atoms with Crippen molar-refractivity contribution < 1.29 is 24.2 Å². The van der Waals surface area contributed by atoms with Crippen LogP contribution >= 0.6 is 0 Å². The van der Waals surface area contributed by atoms with Crippen LogP contribution < -0.4 is 10.6 Å². The smallest absolute Gasteiger partial charge is 0.408 e. The number of nitrogens with zero attached hydrogens (tertiary/aromatic N) is 2. The van der Waals surface area contributed by atoms with Crippen LogP contribution in [0.2, 0.25) is 0 Å². The molecular formula is C31H42N4O5. The van der Waals surface area contributed by atoms with Gasteiger partial charge in [-0.2, -0.15) is 5.26 Å². The number of phenols is 1. The van der Waals surface area contributed by atoms with Crippen molar-refractivity contribution in [3.63, 3.8) is 0 Å². The van der Waals surface area contributed by atoms with Gasteiger partial charge in [-0.05, 0) is 64.3 Å². The summed E-state index contributed by atoms with van der Waals surface area (Å²) in [6.07, 6.45) is 1.98. The number of carbonyl (C=O) groups is 3. The Morgan fingerprint density at radius 2 is 1.68 bits per heavy atom. The maximum atomic E-state index is 14.1. The van der Waals surface area contributed by atoms with Crippen LogP contribution in [0.3, 0.4) is 0 Å². The number of aromatic hydroxyl groups is 1. The van der Waals surface area contributed by atoms with Gasteiger partial charge < -0.3 is 25.4 Å². The zero-order valence-electron chi connectivity index (χ0n) is 24.4. The minimum atomic E-state index is -1.14. The molecule has 0 aliphatic heterocycles. The van der Waals surface area contributed by atoms with Crippen molar-refractivity contribution in [3.05, 3.63) is 64.7 Å². The molecule has 0 aliphatic rings. The van der Waals surface area contributed by atoms with E-state index in [1.807, 2.05) is 38.1 Å². The summed E-state index contributed by atoms with van der Waals surface area (Å²) in [4.78, 5) is 41.8. The lowest BCUT2D eigenvalue weighted by Gasteiger charge is -2.33. The van der Waals surface area contributed by atoms with Gasteiger partial charge in [-0.25, -0.2) is 4.79 Å². The van der Waals surface area contributed by atoms with E-state index in [1.54, 1.807) is 32.9 Å². The summed E-state index contributed by atoms with van der Waals surface area (Å²) in [6.45, 7) is 11.1. The Morgan fingerprint density at radius 3 is 2.23 bits per heavy atom.